The van der Waals surface area contributed by atoms with Crippen molar-refractivity contribution >= 4 is 31.0 Å². The zero-order valence-corrected chi connectivity index (χ0v) is 21.9. The van der Waals surface area contributed by atoms with Gasteiger partial charge in [-0.1, -0.05) is 11.8 Å². The molecular weight excluding hydrogens is 405 g/mol. The van der Waals surface area contributed by atoms with E-state index >= 15 is 0 Å². The Labute approximate surface area is 184 Å². The van der Waals surface area contributed by atoms with Crippen LogP contribution in [0.5, 0.6) is 0 Å². The Balaban J connectivity index is 4.65. The van der Waals surface area contributed by atoms with Crippen molar-refractivity contribution in [2.24, 2.45) is 5.92 Å². The van der Waals surface area contributed by atoms with Crippen molar-refractivity contribution < 1.29 is 14.1 Å². The van der Waals surface area contributed by atoms with Gasteiger partial charge in [-0.15, -0.1) is 0 Å². The molecule has 0 bridgehead atoms. The van der Waals surface area contributed by atoms with E-state index < -0.39 is 8.45 Å². The molecule has 8 heteroatoms. The first kappa shape index (κ1) is 29.0. The Morgan fingerprint density at radius 3 is 1.69 bits per heavy atom. The Morgan fingerprint density at radius 1 is 0.862 bits per heavy atom. The van der Waals surface area contributed by atoms with Crippen molar-refractivity contribution in [3.8, 4) is 0 Å². The van der Waals surface area contributed by atoms with Crippen LogP contribution in [0.25, 0.3) is 0 Å². The second kappa shape index (κ2) is 14.9. The lowest BCUT2D eigenvalue weighted by molar-refractivity contribution is -0.112. The van der Waals surface area contributed by atoms with E-state index in [9.17, 15) is 4.79 Å². The Hall–Kier alpha value is -0.0400. The van der Waals surface area contributed by atoms with Gasteiger partial charge >= 0.3 is 0 Å². The van der Waals surface area contributed by atoms with Gasteiger partial charge in [-0.3, -0.25) is 4.79 Å². The van der Waals surface area contributed by atoms with Crippen LogP contribution in [-0.4, -0.2) is 69.9 Å². The van der Waals surface area contributed by atoms with Crippen LogP contribution in [0.3, 0.4) is 0 Å². The predicted molar refractivity (Wildman–Crippen MR) is 128 cm³/mol. The number of thioether (sulfide) groups is 1. The van der Waals surface area contributed by atoms with E-state index in [0.29, 0.717) is 55.5 Å². The summed E-state index contributed by atoms with van der Waals surface area (Å²) in [6.07, 6.45) is 0. The van der Waals surface area contributed by atoms with Crippen LogP contribution in [0.1, 0.15) is 69.2 Å². The molecule has 0 aromatic carbocycles. The zero-order valence-electron chi connectivity index (χ0n) is 20.2. The van der Waals surface area contributed by atoms with Crippen LogP contribution in [0.2, 0.25) is 0 Å². The fraction of sp³-hybridized carbons (Fsp3) is 0.905. The second-order valence-corrected chi connectivity index (χ2v) is 11.2. The molecule has 0 spiro atoms. The number of ether oxygens (including phenoxy) is 1. The monoisotopic (exact) mass is 449 g/mol. The van der Waals surface area contributed by atoms with E-state index in [1.54, 1.807) is 13.8 Å². The highest BCUT2D eigenvalue weighted by Gasteiger charge is 2.34. The fourth-order valence-corrected chi connectivity index (χ4v) is 6.17. The lowest BCUT2D eigenvalue weighted by Gasteiger charge is -2.45. The predicted octanol–water partition coefficient (Wildman–Crippen LogP) is 5.42. The van der Waals surface area contributed by atoms with Crippen LogP contribution in [0, 0.1) is 11.3 Å². The van der Waals surface area contributed by atoms with Crippen LogP contribution < -0.4 is 0 Å². The van der Waals surface area contributed by atoms with E-state index in [0.717, 1.165) is 0 Å². The zero-order chi connectivity index (χ0) is 22.7. The van der Waals surface area contributed by atoms with Crippen molar-refractivity contribution in [1.82, 2.24) is 9.34 Å². The molecule has 0 rings (SSSR count). The van der Waals surface area contributed by atoms with Crippen molar-refractivity contribution in [3.63, 3.8) is 0 Å². The molecule has 0 aromatic rings. The number of hydrogen-bond donors (Lipinski definition) is 1. The molecule has 1 atom stereocenters. The fourth-order valence-electron chi connectivity index (χ4n) is 3.02. The van der Waals surface area contributed by atoms with Crippen LogP contribution in [0.15, 0.2) is 0 Å². The first-order valence-corrected chi connectivity index (χ1v) is 12.9. The first-order valence-electron chi connectivity index (χ1n) is 10.7. The Bertz CT molecular complexity index is 454. The van der Waals surface area contributed by atoms with Gasteiger partial charge in [0, 0.05) is 35.6 Å². The number of carbonyl (C=O) groups is 1. The molecule has 1 N–H and O–H groups in total. The van der Waals surface area contributed by atoms with Gasteiger partial charge in [-0.05, 0) is 69.2 Å². The summed E-state index contributed by atoms with van der Waals surface area (Å²) in [7, 11) is -0.892. The van der Waals surface area contributed by atoms with E-state index in [1.807, 2.05) is 0 Å². The van der Waals surface area contributed by atoms with Gasteiger partial charge < -0.3 is 14.7 Å². The molecule has 0 saturated carbocycles. The van der Waals surface area contributed by atoms with Gasteiger partial charge in [0.15, 0.2) is 13.6 Å². The third-order valence-corrected chi connectivity index (χ3v) is 8.48. The summed E-state index contributed by atoms with van der Waals surface area (Å²) in [6, 6.07) is 1.57. The molecule has 1 unspecified atom stereocenters. The maximum absolute atomic E-state index is 11.9. The highest BCUT2D eigenvalue weighted by Crippen LogP contribution is 2.50. The quantitative estimate of drug-likeness (QED) is 0.205. The third-order valence-electron chi connectivity index (χ3n) is 4.42. The lowest BCUT2D eigenvalue weighted by atomic mass is 10.1. The van der Waals surface area contributed by atoms with Gasteiger partial charge in [0.1, 0.15) is 0 Å². The van der Waals surface area contributed by atoms with E-state index in [2.05, 4.69) is 64.7 Å². The molecule has 0 heterocycles. The molecule has 6 nitrogen and oxygen atoms in total. The first-order chi connectivity index (χ1) is 13.4. The van der Waals surface area contributed by atoms with Crippen molar-refractivity contribution in [3.05, 3.63) is 0 Å². The smallest absolute Gasteiger partial charge is 0.197 e. The van der Waals surface area contributed by atoms with Gasteiger partial charge in [-0.25, -0.2) is 9.34 Å². The summed E-state index contributed by atoms with van der Waals surface area (Å²) in [5.74, 6) is 0.294. The largest absolute Gasteiger partial charge is 0.378 e. The summed E-state index contributed by atoms with van der Waals surface area (Å²) in [5.41, 5.74) is 0.407. The Morgan fingerprint density at radius 2 is 1.31 bits per heavy atom. The average Bonchev–Trinajstić information content (AvgIpc) is 2.58. The molecule has 0 fully saturated rings. The SMILES string of the molecule is CC(=N)C(C)C(=O)SCCOCCOP(N(C(C)C)C(C)C)N(C(C)C)C(C)C. The van der Waals surface area contributed by atoms with Crippen molar-refractivity contribution in [2.45, 2.75) is 93.4 Å². The molecule has 0 aliphatic heterocycles. The molecule has 0 radical (unpaired) electrons. The molecule has 0 saturated heterocycles. The molecule has 172 valence electrons. The molecule has 29 heavy (non-hydrogen) atoms. The van der Waals surface area contributed by atoms with Crippen molar-refractivity contribution in [2.75, 3.05) is 25.6 Å². The standard InChI is InChI=1S/C21H44N3O3PS/c1-15(2)23(16(3)4)28(24(17(5)6)18(7)8)27-12-11-26-13-14-29-21(25)19(9)20(10)22/h15-19,22H,11-14H2,1-10H3. The average molecular weight is 450 g/mol. The molecular formula is C21H44N3O3PS. The number of carbonyl (C=O) groups excluding carboxylic acids is 1. The van der Waals surface area contributed by atoms with Gasteiger partial charge in [0.2, 0.25) is 0 Å². The van der Waals surface area contributed by atoms with Crippen LogP contribution >= 0.6 is 20.2 Å². The topological polar surface area (TPSA) is 65.9 Å². The highest BCUT2D eigenvalue weighted by atomic mass is 32.2. The summed E-state index contributed by atoms with van der Waals surface area (Å²) in [6.45, 7) is 22.8. The maximum atomic E-state index is 11.9. The van der Waals surface area contributed by atoms with Crippen LogP contribution in [-0.2, 0) is 14.1 Å². The summed E-state index contributed by atoms with van der Waals surface area (Å²) in [5, 5.41) is 7.58. The van der Waals surface area contributed by atoms with Gasteiger partial charge in [-0.2, -0.15) is 0 Å². The summed E-state index contributed by atoms with van der Waals surface area (Å²) in [4.78, 5) is 11.9. The molecule has 0 aliphatic carbocycles. The minimum Gasteiger partial charge on any atom is -0.378 e. The third kappa shape index (κ3) is 10.7. The summed E-state index contributed by atoms with van der Waals surface area (Å²) < 4.78 is 17.0. The van der Waals surface area contributed by atoms with Crippen LogP contribution in [0.4, 0.5) is 0 Å². The normalized spacial score (nSPS) is 13.7. The summed E-state index contributed by atoms with van der Waals surface area (Å²) >= 11 is 1.24. The maximum Gasteiger partial charge on any atom is 0.197 e. The second-order valence-electron chi connectivity index (χ2n) is 8.41. The van der Waals surface area contributed by atoms with E-state index in [4.69, 9.17) is 14.7 Å². The Kier molecular flexibility index (Phi) is 14.9. The minimum atomic E-state index is -0.892. The van der Waals surface area contributed by atoms with Gasteiger partial charge in [0.05, 0.1) is 25.7 Å². The van der Waals surface area contributed by atoms with E-state index in [-0.39, 0.29) is 11.0 Å². The number of nitrogens with one attached hydrogen (secondary N) is 1. The van der Waals surface area contributed by atoms with Crippen molar-refractivity contribution in [1.29, 1.82) is 5.41 Å². The highest BCUT2D eigenvalue weighted by molar-refractivity contribution is 8.13. The lowest BCUT2D eigenvalue weighted by Crippen LogP contribution is -2.43. The molecule has 0 aliphatic rings. The minimum absolute atomic E-state index is 0.0369. The molecule has 0 amide bonds. The van der Waals surface area contributed by atoms with Gasteiger partial charge in [0.25, 0.3) is 0 Å². The van der Waals surface area contributed by atoms with E-state index in [1.165, 1.54) is 11.8 Å². The number of nitrogens with zero attached hydrogens (tertiary/aromatic N) is 2. The number of hydrogen-bond acceptors (Lipinski definition) is 7. The molecule has 0 aromatic heterocycles. The number of rotatable bonds is 15.